The maximum atomic E-state index is 14.1. The second-order valence-electron chi connectivity index (χ2n) is 10.6. The highest BCUT2D eigenvalue weighted by Crippen LogP contribution is 2.30. The predicted molar refractivity (Wildman–Crippen MR) is 140 cm³/mol. The molecule has 4 N–H and O–H groups in total. The first kappa shape index (κ1) is 30.9. The molecule has 0 aliphatic carbocycles. The van der Waals surface area contributed by atoms with Gasteiger partial charge in [-0.1, -0.05) is 25.1 Å². The number of amides is 4. The fraction of sp³-hybridized carbons (Fsp3) is 0.630. The standard InChI is InChI=1S/C27H44N4O5/c1-10-18(5)31(23(24(33)29-16(2)3)20-13-11-12-17(4)19(20)6)25(34)21(14-15-22(28)32)30-26(35)36-27(7,8)9/h11-13,16,18,21,23H,10,14-15H2,1-9H3,(H2,28,32)(H,29,33)(H,30,35). The molecule has 36 heavy (non-hydrogen) atoms. The topological polar surface area (TPSA) is 131 Å². The summed E-state index contributed by atoms with van der Waals surface area (Å²) in [6, 6.07) is 3.10. The fourth-order valence-electron chi connectivity index (χ4n) is 3.82. The maximum Gasteiger partial charge on any atom is 0.408 e. The van der Waals surface area contributed by atoms with E-state index in [4.69, 9.17) is 10.5 Å². The number of carbonyl (C=O) groups excluding carboxylic acids is 4. The molecule has 0 aromatic heterocycles. The lowest BCUT2D eigenvalue weighted by molar-refractivity contribution is -0.145. The Balaban J connectivity index is 3.62. The van der Waals surface area contributed by atoms with E-state index in [1.165, 1.54) is 4.90 Å². The molecule has 0 heterocycles. The molecule has 1 aromatic carbocycles. The first-order chi connectivity index (χ1) is 16.6. The van der Waals surface area contributed by atoms with Crippen LogP contribution in [0.3, 0.4) is 0 Å². The second kappa shape index (κ2) is 13.3. The fourth-order valence-corrected chi connectivity index (χ4v) is 3.82. The van der Waals surface area contributed by atoms with Crippen molar-refractivity contribution in [3.05, 3.63) is 34.9 Å². The molecule has 0 aliphatic heterocycles. The Hall–Kier alpha value is -3.10. The van der Waals surface area contributed by atoms with E-state index in [1.54, 1.807) is 20.8 Å². The van der Waals surface area contributed by atoms with Crippen LogP contribution in [0.25, 0.3) is 0 Å². The molecule has 3 atom stereocenters. The van der Waals surface area contributed by atoms with E-state index < -0.39 is 35.6 Å². The summed E-state index contributed by atoms with van der Waals surface area (Å²) >= 11 is 0. The Morgan fingerprint density at radius 2 is 1.67 bits per heavy atom. The predicted octanol–water partition coefficient (Wildman–Crippen LogP) is 3.66. The van der Waals surface area contributed by atoms with Crippen LogP contribution < -0.4 is 16.4 Å². The van der Waals surface area contributed by atoms with Crippen LogP contribution in [0.5, 0.6) is 0 Å². The molecule has 1 rings (SSSR count). The van der Waals surface area contributed by atoms with Gasteiger partial charge in [0.1, 0.15) is 17.7 Å². The first-order valence-electron chi connectivity index (χ1n) is 12.6. The van der Waals surface area contributed by atoms with Gasteiger partial charge in [-0.25, -0.2) is 4.79 Å². The summed E-state index contributed by atoms with van der Waals surface area (Å²) in [6.45, 7) is 16.5. The first-order valence-corrected chi connectivity index (χ1v) is 12.6. The van der Waals surface area contributed by atoms with E-state index in [0.717, 1.165) is 11.1 Å². The van der Waals surface area contributed by atoms with Crippen LogP contribution >= 0.6 is 0 Å². The summed E-state index contributed by atoms with van der Waals surface area (Å²) in [7, 11) is 0. The smallest absolute Gasteiger partial charge is 0.408 e. The molecule has 1 aromatic rings. The van der Waals surface area contributed by atoms with Gasteiger partial charge in [-0.15, -0.1) is 0 Å². The Morgan fingerprint density at radius 1 is 1.06 bits per heavy atom. The lowest BCUT2D eigenvalue weighted by Crippen LogP contribution is -2.56. The van der Waals surface area contributed by atoms with E-state index in [9.17, 15) is 19.2 Å². The van der Waals surface area contributed by atoms with Gasteiger partial charge in [0, 0.05) is 18.5 Å². The highest BCUT2D eigenvalue weighted by Gasteiger charge is 2.39. The number of aryl methyl sites for hydroxylation is 1. The Morgan fingerprint density at radius 3 is 2.17 bits per heavy atom. The van der Waals surface area contributed by atoms with Gasteiger partial charge in [-0.2, -0.15) is 0 Å². The number of alkyl carbamates (subject to hydrolysis) is 1. The molecule has 9 nitrogen and oxygen atoms in total. The number of benzene rings is 1. The minimum atomic E-state index is -1.11. The third-order valence-electron chi connectivity index (χ3n) is 5.89. The zero-order chi connectivity index (χ0) is 27.8. The number of rotatable bonds is 11. The van der Waals surface area contributed by atoms with Gasteiger partial charge in [0.25, 0.3) is 0 Å². The number of nitrogens with one attached hydrogen (secondary N) is 2. The Bertz CT molecular complexity index is 939. The highest BCUT2D eigenvalue weighted by molar-refractivity contribution is 5.93. The van der Waals surface area contributed by atoms with Crippen molar-refractivity contribution in [2.45, 2.75) is 111 Å². The molecule has 0 radical (unpaired) electrons. The molecule has 4 amide bonds. The van der Waals surface area contributed by atoms with E-state index >= 15 is 0 Å². The molecule has 0 saturated carbocycles. The van der Waals surface area contributed by atoms with Gasteiger partial charge in [-0.3, -0.25) is 14.4 Å². The number of hydrogen-bond donors (Lipinski definition) is 3. The van der Waals surface area contributed by atoms with Crippen molar-refractivity contribution in [3.8, 4) is 0 Å². The minimum absolute atomic E-state index is 0.0222. The summed E-state index contributed by atoms with van der Waals surface area (Å²) in [5.74, 6) is -1.41. The lowest BCUT2D eigenvalue weighted by Gasteiger charge is -2.39. The van der Waals surface area contributed by atoms with Crippen molar-refractivity contribution >= 4 is 23.8 Å². The summed E-state index contributed by atoms with van der Waals surface area (Å²) in [5, 5.41) is 5.55. The summed E-state index contributed by atoms with van der Waals surface area (Å²) in [5.41, 5.74) is 7.16. The quantitative estimate of drug-likeness (QED) is 0.423. The van der Waals surface area contributed by atoms with Crippen molar-refractivity contribution in [1.29, 1.82) is 0 Å². The van der Waals surface area contributed by atoms with E-state index in [1.807, 2.05) is 59.7 Å². The third-order valence-corrected chi connectivity index (χ3v) is 5.89. The average molecular weight is 505 g/mol. The van der Waals surface area contributed by atoms with Gasteiger partial charge in [-0.05, 0) is 84.9 Å². The summed E-state index contributed by atoms with van der Waals surface area (Å²) in [6.07, 6.45) is -0.361. The van der Waals surface area contributed by atoms with Crippen LogP contribution in [0.1, 0.15) is 90.5 Å². The molecule has 9 heteroatoms. The zero-order valence-electron chi connectivity index (χ0n) is 23.2. The van der Waals surface area contributed by atoms with E-state index in [-0.39, 0.29) is 30.8 Å². The van der Waals surface area contributed by atoms with Crippen LogP contribution in [0.4, 0.5) is 4.79 Å². The van der Waals surface area contributed by atoms with Crippen LogP contribution in [0.15, 0.2) is 18.2 Å². The number of nitrogens with zero attached hydrogens (tertiary/aromatic N) is 1. The van der Waals surface area contributed by atoms with Crippen LogP contribution in [0, 0.1) is 13.8 Å². The van der Waals surface area contributed by atoms with Crippen molar-refractivity contribution in [3.63, 3.8) is 0 Å². The molecule has 0 aliphatic rings. The molecule has 202 valence electrons. The Kier molecular flexibility index (Phi) is 11.4. The Labute approximate surface area is 215 Å². The van der Waals surface area contributed by atoms with Crippen molar-refractivity contribution < 1.29 is 23.9 Å². The number of ether oxygens (including phenoxy) is 1. The molecule has 0 saturated heterocycles. The van der Waals surface area contributed by atoms with Crippen molar-refractivity contribution in [2.75, 3.05) is 0 Å². The number of hydrogen-bond acceptors (Lipinski definition) is 5. The lowest BCUT2D eigenvalue weighted by atomic mass is 9.93. The summed E-state index contributed by atoms with van der Waals surface area (Å²) in [4.78, 5) is 53.3. The van der Waals surface area contributed by atoms with Crippen LogP contribution in [-0.2, 0) is 19.1 Å². The van der Waals surface area contributed by atoms with Gasteiger partial charge >= 0.3 is 6.09 Å². The van der Waals surface area contributed by atoms with Crippen molar-refractivity contribution in [1.82, 2.24) is 15.5 Å². The van der Waals surface area contributed by atoms with E-state index in [0.29, 0.717) is 12.0 Å². The molecule has 0 bridgehead atoms. The monoisotopic (exact) mass is 504 g/mol. The second-order valence-corrected chi connectivity index (χ2v) is 10.6. The average Bonchev–Trinajstić information content (AvgIpc) is 2.74. The SMILES string of the molecule is CCC(C)N(C(=O)C(CCC(N)=O)NC(=O)OC(C)(C)C)C(C(=O)NC(C)C)c1cccc(C)c1C. The number of primary amides is 1. The minimum Gasteiger partial charge on any atom is -0.444 e. The van der Waals surface area contributed by atoms with Crippen molar-refractivity contribution in [2.24, 2.45) is 5.73 Å². The van der Waals surface area contributed by atoms with Gasteiger partial charge in [0.2, 0.25) is 17.7 Å². The van der Waals surface area contributed by atoms with Gasteiger partial charge in [0.15, 0.2) is 0 Å². The molecule has 0 spiro atoms. The van der Waals surface area contributed by atoms with Gasteiger partial charge in [0.05, 0.1) is 0 Å². The van der Waals surface area contributed by atoms with Crippen LogP contribution in [0.2, 0.25) is 0 Å². The largest absolute Gasteiger partial charge is 0.444 e. The normalized spacial score (nSPS) is 13.9. The number of carbonyl (C=O) groups is 4. The van der Waals surface area contributed by atoms with Crippen LogP contribution in [-0.4, -0.2) is 52.4 Å². The summed E-state index contributed by atoms with van der Waals surface area (Å²) < 4.78 is 5.36. The highest BCUT2D eigenvalue weighted by atomic mass is 16.6. The van der Waals surface area contributed by atoms with Gasteiger partial charge < -0.3 is 26.0 Å². The van der Waals surface area contributed by atoms with E-state index in [2.05, 4.69) is 10.6 Å². The maximum absolute atomic E-state index is 14.1. The molecular formula is C27H44N4O5. The zero-order valence-corrected chi connectivity index (χ0v) is 23.2. The molecular weight excluding hydrogens is 460 g/mol. The third kappa shape index (κ3) is 9.17. The molecule has 3 unspecified atom stereocenters. The number of nitrogens with two attached hydrogens (primary N) is 1. The molecule has 0 fully saturated rings.